The smallest absolute Gasteiger partial charge is 0.244 e. The molecule has 0 N–H and O–H groups in total. The Hall–Kier alpha value is -1.37. The average Bonchev–Trinajstić information content (AvgIpc) is 2.89. The highest BCUT2D eigenvalue weighted by Crippen LogP contribution is 2.30. The zero-order valence-corrected chi connectivity index (χ0v) is 13.9. The van der Waals surface area contributed by atoms with Crippen molar-refractivity contribution >= 4 is 48.5 Å². The Morgan fingerprint density at radius 1 is 1.19 bits per heavy atom. The van der Waals surface area contributed by atoms with Crippen LogP contribution in [0.2, 0.25) is 5.15 Å². The molecule has 0 amide bonds. The lowest BCUT2D eigenvalue weighted by atomic mass is 10.3. The fourth-order valence-electron chi connectivity index (χ4n) is 2.20. The third kappa shape index (κ3) is 2.37. The largest absolute Gasteiger partial charge is 0.268 e. The molecule has 0 bridgehead atoms. The molecule has 0 aliphatic rings. The van der Waals surface area contributed by atoms with Gasteiger partial charge in [-0.25, -0.2) is 17.4 Å². The van der Waals surface area contributed by atoms with Crippen molar-refractivity contribution in [3.8, 4) is 0 Å². The SMILES string of the molecule is O=S(=O)(c1ccccc1)n1c(CBr)cc2c(Cl)nccc21. The van der Waals surface area contributed by atoms with Gasteiger partial charge in [0.15, 0.2) is 0 Å². The summed E-state index contributed by atoms with van der Waals surface area (Å²) in [6, 6.07) is 11.7. The molecule has 1 aromatic carbocycles. The van der Waals surface area contributed by atoms with Crippen molar-refractivity contribution in [1.29, 1.82) is 0 Å². The van der Waals surface area contributed by atoms with Gasteiger partial charge in [0.1, 0.15) is 5.15 Å². The highest BCUT2D eigenvalue weighted by Gasteiger charge is 2.23. The van der Waals surface area contributed by atoms with Crippen LogP contribution < -0.4 is 0 Å². The minimum absolute atomic E-state index is 0.234. The molecule has 2 aromatic heterocycles. The van der Waals surface area contributed by atoms with E-state index in [9.17, 15) is 8.42 Å². The first-order chi connectivity index (χ1) is 10.1. The van der Waals surface area contributed by atoms with Gasteiger partial charge in [-0.05, 0) is 24.3 Å². The Morgan fingerprint density at radius 2 is 1.90 bits per heavy atom. The monoisotopic (exact) mass is 384 g/mol. The van der Waals surface area contributed by atoms with Crippen molar-refractivity contribution in [3.05, 3.63) is 59.5 Å². The maximum Gasteiger partial charge on any atom is 0.268 e. The van der Waals surface area contributed by atoms with E-state index < -0.39 is 10.0 Å². The molecular weight excluding hydrogens is 376 g/mol. The topological polar surface area (TPSA) is 52.0 Å². The number of fused-ring (bicyclic) bond motifs is 1. The average molecular weight is 386 g/mol. The van der Waals surface area contributed by atoms with Crippen molar-refractivity contribution < 1.29 is 8.42 Å². The van der Waals surface area contributed by atoms with Crippen LogP contribution in [0.3, 0.4) is 0 Å². The number of hydrogen-bond acceptors (Lipinski definition) is 3. The first kappa shape index (κ1) is 14.6. The third-order valence-electron chi connectivity index (χ3n) is 3.13. The summed E-state index contributed by atoms with van der Waals surface area (Å²) >= 11 is 9.39. The molecule has 4 nitrogen and oxygen atoms in total. The lowest BCUT2D eigenvalue weighted by Crippen LogP contribution is -2.15. The lowest BCUT2D eigenvalue weighted by Gasteiger charge is -2.10. The quantitative estimate of drug-likeness (QED) is 0.509. The summed E-state index contributed by atoms with van der Waals surface area (Å²) in [6.07, 6.45) is 1.50. The van der Waals surface area contributed by atoms with Crippen LogP contribution in [0.25, 0.3) is 10.9 Å². The van der Waals surface area contributed by atoms with E-state index in [0.717, 1.165) is 0 Å². The van der Waals surface area contributed by atoms with E-state index >= 15 is 0 Å². The molecule has 3 rings (SSSR count). The van der Waals surface area contributed by atoms with Crippen LogP contribution in [0.15, 0.2) is 53.6 Å². The van der Waals surface area contributed by atoms with Crippen LogP contribution >= 0.6 is 27.5 Å². The van der Waals surface area contributed by atoms with Crippen molar-refractivity contribution in [2.75, 3.05) is 0 Å². The van der Waals surface area contributed by atoms with Gasteiger partial charge >= 0.3 is 0 Å². The molecule has 0 saturated carbocycles. The van der Waals surface area contributed by atoms with Gasteiger partial charge < -0.3 is 0 Å². The third-order valence-corrected chi connectivity index (χ3v) is 5.78. The summed E-state index contributed by atoms with van der Waals surface area (Å²) in [5, 5.41) is 1.30. The number of hydrogen-bond donors (Lipinski definition) is 0. The molecule has 0 aliphatic carbocycles. The molecule has 0 radical (unpaired) electrons. The standard InChI is InChI=1S/C14H10BrClN2O2S/c15-9-10-8-12-13(6-7-17-14(12)16)18(10)21(19,20)11-4-2-1-3-5-11/h1-8H,9H2. The fourth-order valence-corrected chi connectivity index (χ4v) is 4.55. The minimum atomic E-state index is -3.68. The van der Waals surface area contributed by atoms with Crippen LogP contribution in [-0.4, -0.2) is 17.4 Å². The summed E-state index contributed by atoms with van der Waals surface area (Å²) in [4.78, 5) is 4.23. The number of pyridine rings is 1. The van der Waals surface area contributed by atoms with Gasteiger partial charge in [-0.3, -0.25) is 0 Å². The Morgan fingerprint density at radius 3 is 2.57 bits per heavy atom. The number of benzene rings is 1. The molecule has 21 heavy (non-hydrogen) atoms. The molecule has 2 heterocycles. The Labute approximate surface area is 135 Å². The van der Waals surface area contributed by atoms with Gasteiger partial charge in [0, 0.05) is 22.6 Å². The zero-order valence-electron chi connectivity index (χ0n) is 10.7. The highest BCUT2D eigenvalue weighted by molar-refractivity contribution is 9.08. The van der Waals surface area contributed by atoms with Gasteiger partial charge in [-0.15, -0.1) is 0 Å². The van der Waals surface area contributed by atoms with E-state index in [1.54, 1.807) is 42.5 Å². The number of nitrogens with zero attached hydrogens (tertiary/aromatic N) is 2. The molecular formula is C14H10BrClN2O2S. The number of aromatic nitrogens is 2. The van der Waals surface area contributed by atoms with Crippen molar-refractivity contribution in [3.63, 3.8) is 0 Å². The molecule has 0 atom stereocenters. The summed E-state index contributed by atoms with van der Waals surface area (Å²) in [5.41, 5.74) is 1.12. The Balaban J connectivity index is 2.37. The van der Waals surface area contributed by atoms with Crippen LogP contribution in [0, 0.1) is 0 Å². The number of rotatable bonds is 3. The number of halogens is 2. The normalized spacial score (nSPS) is 11.9. The Bertz CT molecular complexity index is 907. The van der Waals surface area contributed by atoms with E-state index in [4.69, 9.17) is 11.6 Å². The van der Waals surface area contributed by atoms with Crippen molar-refractivity contribution in [2.45, 2.75) is 10.2 Å². The molecule has 0 unspecified atom stereocenters. The molecule has 3 aromatic rings. The second kappa shape index (κ2) is 5.44. The van der Waals surface area contributed by atoms with Gasteiger partial charge in [0.25, 0.3) is 10.0 Å². The number of alkyl halides is 1. The van der Waals surface area contributed by atoms with Gasteiger partial charge in [0.05, 0.1) is 10.4 Å². The van der Waals surface area contributed by atoms with Crippen molar-refractivity contribution in [2.24, 2.45) is 0 Å². The highest BCUT2D eigenvalue weighted by atomic mass is 79.9. The predicted molar refractivity (Wildman–Crippen MR) is 86.4 cm³/mol. The van der Waals surface area contributed by atoms with E-state index in [0.29, 0.717) is 21.9 Å². The van der Waals surface area contributed by atoms with Crippen LogP contribution in [0.4, 0.5) is 0 Å². The summed E-state index contributed by atoms with van der Waals surface area (Å²) in [5.74, 6) is 0. The zero-order chi connectivity index (χ0) is 15.0. The van der Waals surface area contributed by atoms with Crippen LogP contribution in [0.1, 0.15) is 5.69 Å². The summed E-state index contributed by atoms with van der Waals surface area (Å²) < 4.78 is 27.1. The van der Waals surface area contributed by atoms with Crippen LogP contribution in [-0.2, 0) is 15.4 Å². The molecule has 0 fully saturated rings. The summed E-state index contributed by atoms with van der Waals surface area (Å²) in [6.45, 7) is 0. The van der Waals surface area contributed by atoms with Crippen LogP contribution in [0.5, 0.6) is 0 Å². The maximum atomic E-state index is 12.9. The lowest BCUT2D eigenvalue weighted by molar-refractivity contribution is 0.588. The molecule has 0 aliphatic heterocycles. The van der Waals surface area contributed by atoms with Gasteiger partial charge in [0.2, 0.25) is 0 Å². The minimum Gasteiger partial charge on any atom is -0.244 e. The second-order valence-electron chi connectivity index (χ2n) is 4.39. The van der Waals surface area contributed by atoms with Gasteiger partial charge in [-0.1, -0.05) is 45.7 Å². The van der Waals surface area contributed by atoms with E-state index in [1.807, 2.05) is 0 Å². The molecule has 0 saturated heterocycles. The molecule has 0 spiro atoms. The van der Waals surface area contributed by atoms with E-state index in [1.165, 1.54) is 10.2 Å². The predicted octanol–water partition coefficient (Wildman–Crippen LogP) is 3.82. The Kier molecular flexibility index (Phi) is 3.77. The van der Waals surface area contributed by atoms with Gasteiger partial charge in [-0.2, -0.15) is 0 Å². The fraction of sp³-hybridized carbons (Fsp3) is 0.0714. The molecule has 108 valence electrons. The first-order valence-electron chi connectivity index (χ1n) is 6.07. The van der Waals surface area contributed by atoms with Crippen molar-refractivity contribution in [1.82, 2.24) is 8.96 Å². The first-order valence-corrected chi connectivity index (χ1v) is 9.01. The van der Waals surface area contributed by atoms with E-state index in [-0.39, 0.29) is 10.0 Å². The summed E-state index contributed by atoms with van der Waals surface area (Å²) in [7, 11) is -3.68. The van der Waals surface area contributed by atoms with E-state index in [2.05, 4.69) is 20.9 Å². The second-order valence-corrected chi connectivity index (χ2v) is 7.09. The maximum absolute atomic E-state index is 12.9. The molecule has 7 heteroatoms.